The largest absolute Gasteiger partial charge is 0.328 e. The maximum Gasteiger partial charge on any atom is 0.328 e. The lowest BCUT2D eigenvalue weighted by Crippen LogP contribution is -2.34. The number of hydrogen-bond acceptors (Lipinski definition) is 2. The third-order valence-electron chi connectivity index (χ3n) is 1.95. The molecule has 0 saturated carbocycles. The van der Waals surface area contributed by atoms with Crippen molar-refractivity contribution >= 4 is 40.8 Å². The van der Waals surface area contributed by atoms with Gasteiger partial charge in [-0.2, -0.15) is 0 Å². The van der Waals surface area contributed by atoms with E-state index in [0.29, 0.717) is 15.7 Å². The van der Waals surface area contributed by atoms with E-state index in [4.69, 9.17) is 23.2 Å². The lowest BCUT2D eigenvalue weighted by molar-refractivity contribution is -0.124. The minimum atomic E-state index is -0.522. The maximum atomic E-state index is 11.5. The Balaban J connectivity index is 2.77. The fraction of sp³-hybridized carbons (Fsp3) is 0.200. The molecule has 0 radical (unpaired) electrons. The van der Waals surface area contributed by atoms with Crippen molar-refractivity contribution in [3.63, 3.8) is 0 Å². The second-order valence-electron chi connectivity index (χ2n) is 3.14. The van der Waals surface area contributed by atoms with Gasteiger partial charge in [0, 0.05) is 19.7 Å². The molecule has 0 saturated heterocycles. The molecule has 1 aromatic rings. The van der Waals surface area contributed by atoms with Gasteiger partial charge in [0.05, 0.1) is 10.0 Å². The number of halogens is 2. The number of urea groups is 1. The first-order valence-corrected chi connectivity index (χ1v) is 5.17. The van der Waals surface area contributed by atoms with Crippen molar-refractivity contribution in [1.82, 2.24) is 4.90 Å². The summed E-state index contributed by atoms with van der Waals surface area (Å²) in [5.41, 5.74) is 0.479. The smallest absolute Gasteiger partial charge is 0.307 e. The fourth-order valence-corrected chi connectivity index (χ4v) is 1.22. The molecule has 0 aromatic heterocycles. The average Bonchev–Trinajstić information content (AvgIpc) is 2.22. The molecule has 4 nitrogen and oxygen atoms in total. The van der Waals surface area contributed by atoms with Gasteiger partial charge in [-0.3, -0.25) is 9.69 Å². The highest BCUT2D eigenvalue weighted by atomic mass is 35.5. The first-order valence-electron chi connectivity index (χ1n) is 4.42. The predicted molar refractivity (Wildman–Crippen MR) is 63.9 cm³/mol. The third-order valence-corrected chi connectivity index (χ3v) is 2.69. The Bertz CT molecular complexity index is 435. The van der Waals surface area contributed by atoms with Crippen LogP contribution in [0.4, 0.5) is 10.5 Å². The fourth-order valence-electron chi connectivity index (χ4n) is 0.924. The average molecular weight is 261 g/mol. The van der Waals surface area contributed by atoms with Gasteiger partial charge in [0.2, 0.25) is 5.91 Å². The lowest BCUT2D eigenvalue weighted by atomic mass is 10.3. The van der Waals surface area contributed by atoms with E-state index in [1.165, 1.54) is 20.0 Å². The van der Waals surface area contributed by atoms with E-state index in [-0.39, 0.29) is 5.91 Å². The molecule has 3 amide bonds. The van der Waals surface area contributed by atoms with Crippen molar-refractivity contribution in [2.75, 3.05) is 12.4 Å². The molecule has 6 heteroatoms. The molecule has 0 aliphatic carbocycles. The monoisotopic (exact) mass is 260 g/mol. The van der Waals surface area contributed by atoms with Gasteiger partial charge in [-0.05, 0) is 18.2 Å². The van der Waals surface area contributed by atoms with E-state index < -0.39 is 6.03 Å². The van der Waals surface area contributed by atoms with Crippen LogP contribution in [0.25, 0.3) is 0 Å². The predicted octanol–water partition coefficient (Wildman–Crippen LogP) is 3.00. The van der Waals surface area contributed by atoms with Crippen LogP contribution in [0.2, 0.25) is 10.0 Å². The summed E-state index contributed by atoms with van der Waals surface area (Å²) in [6.45, 7) is 1.30. The molecule has 1 N–H and O–H groups in total. The Morgan fingerprint density at radius 1 is 1.25 bits per heavy atom. The Morgan fingerprint density at radius 3 is 2.38 bits per heavy atom. The van der Waals surface area contributed by atoms with Gasteiger partial charge >= 0.3 is 6.03 Å². The Kier molecular flexibility index (Phi) is 4.15. The van der Waals surface area contributed by atoms with Crippen molar-refractivity contribution in [3.8, 4) is 0 Å². The normalized spacial score (nSPS) is 9.75. The van der Waals surface area contributed by atoms with E-state index in [0.717, 1.165) is 4.90 Å². The number of carbonyl (C=O) groups excluding carboxylic acids is 2. The summed E-state index contributed by atoms with van der Waals surface area (Å²) in [7, 11) is 1.38. The van der Waals surface area contributed by atoms with E-state index in [2.05, 4.69) is 5.32 Å². The van der Waals surface area contributed by atoms with Crippen LogP contribution >= 0.6 is 23.2 Å². The molecule has 0 unspecified atom stereocenters. The molecular weight excluding hydrogens is 251 g/mol. The summed E-state index contributed by atoms with van der Waals surface area (Å²) in [6.07, 6.45) is 0. The SMILES string of the molecule is CC(=O)N(C)C(=O)Nc1ccc(Cl)c(Cl)c1. The number of benzene rings is 1. The summed E-state index contributed by atoms with van der Waals surface area (Å²) in [5, 5.41) is 3.25. The number of nitrogens with one attached hydrogen (secondary N) is 1. The summed E-state index contributed by atoms with van der Waals surface area (Å²) < 4.78 is 0. The van der Waals surface area contributed by atoms with Crippen LogP contribution in [-0.2, 0) is 4.79 Å². The Morgan fingerprint density at radius 2 is 1.88 bits per heavy atom. The second kappa shape index (κ2) is 5.18. The quantitative estimate of drug-likeness (QED) is 0.844. The zero-order valence-corrected chi connectivity index (χ0v) is 10.3. The van der Waals surface area contributed by atoms with Gasteiger partial charge < -0.3 is 5.32 Å². The van der Waals surface area contributed by atoms with Crippen LogP contribution in [0.5, 0.6) is 0 Å². The van der Waals surface area contributed by atoms with Gasteiger partial charge in [-0.1, -0.05) is 23.2 Å². The number of carbonyl (C=O) groups is 2. The van der Waals surface area contributed by atoms with Gasteiger partial charge in [0.15, 0.2) is 0 Å². The topological polar surface area (TPSA) is 49.4 Å². The van der Waals surface area contributed by atoms with Gasteiger partial charge in [0.1, 0.15) is 0 Å². The zero-order chi connectivity index (χ0) is 12.3. The number of amides is 3. The van der Waals surface area contributed by atoms with Crippen molar-refractivity contribution < 1.29 is 9.59 Å². The van der Waals surface area contributed by atoms with Gasteiger partial charge in [-0.25, -0.2) is 4.79 Å². The minimum Gasteiger partial charge on any atom is -0.307 e. The second-order valence-corrected chi connectivity index (χ2v) is 3.95. The number of nitrogens with zero attached hydrogens (tertiary/aromatic N) is 1. The van der Waals surface area contributed by atoms with E-state index >= 15 is 0 Å². The highest BCUT2D eigenvalue weighted by Gasteiger charge is 2.12. The number of imide groups is 1. The van der Waals surface area contributed by atoms with Crippen LogP contribution in [0.15, 0.2) is 18.2 Å². The minimum absolute atomic E-state index is 0.338. The Labute approximate surface area is 103 Å². The standard InChI is InChI=1S/C10H10Cl2N2O2/c1-6(15)14(2)10(16)13-7-3-4-8(11)9(12)5-7/h3-5H,1-2H3,(H,13,16). The molecule has 1 rings (SSSR count). The number of hydrogen-bond donors (Lipinski definition) is 1. The highest BCUT2D eigenvalue weighted by Crippen LogP contribution is 2.25. The van der Waals surface area contributed by atoms with Crippen molar-refractivity contribution in [1.29, 1.82) is 0 Å². The van der Waals surface area contributed by atoms with E-state index in [9.17, 15) is 9.59 Å². The molecule has 0 heterocycles. The number of rotatable bonds is 1. The lowest BCUT2D eigenvalue weighted by Gasteiger charge is -2.14. The molecule has 0 atom stereocenters. The Hall–Kier alpha value is -1.26. The number of anilines is 1. The molecule has 1 aromatic carbocycles. The molecule has 0 spiro atoms. The first kappa shape index (κ1) is 12.8. The first-order chi connectivity index (χ1) is 7.41. The summed E-state index contributed by atoms with van der Waals surface area (Å²) in [6, 6.07) is 4.15. The molecule has 0 bridgehead atoms. The van der Waals surface area contributed by atoms with Crippen LogP contribution in [0.3, 0.4) is 0 Å². The summed E-state index contributed by atoms with van der Waals surface area (Å²) in [5.74, 6) is -0.349. The third kappa shape index (κ3) is 3.12. The van der Waals surface area contributed by atoms with Gasteiger partial charge in [-0.15, -0.1) is 0 Å². The molecule has 0 aliphatic heterocycles. The van der Waals surface area contributed by atoms with Crippen molar-refractivity contribution in [2.24, 2.45) is 0 Å². The van der Waals surface area contributed by atoms with E-state index in [1.54, 1.807) is 12.1 Å². The molecule has 0 aliphatic rings. The maximum absolute atomic E-state index is 11.5. The van der Waals surface area contributed by atoms with Crippen molar-refractivity contribution in [3.05, 3.63) is 28.2 Å². The molecule has 16 heavy (non-hydrogen) atoms. The summed E-state index contributed by atoms with van der Waals surface area (Å²) >= 11 is 11.5. The van der Waals surface area contributed by atoms with Gasteiger partial charge in [0.25, 0.3) is 0 Å². The van der Waals surface area contributed by atoms with Crippen LogP contribution < -0.4 is 5.32 Å². The molecule has 86 valence electrons. The highest BCUT2D eigenvalue weighted by molar-refractivity contribution is 6.42. The van der Waals surface area contributed by atoms with Crippen LogP contribution in [-0.4, -0.2) is 23.9 Å². The van der Waals surface area contributed by atoms with E-state index in [1.807, 2.05) is 0 Å². The molecular formula is C10H10Cl2N2O2. The van der Waals surface area contributed by atoms with Crippen LogP contribution in [0, 0.1) is 0 Å². The van der Waals surface area contributed by atoms with Crippen LogP contribution in [0.1, 0.15) is 6.92 Å². The zero-order valence-electron chi connectivity index (χ0n) is 8.75. The van der Waals surface area contributed by atoms with Crippen molar-refractivity contribution in [2.45, 2.75) is 6.92 Å². The summed E-state index contributed by atoms with van der Waals surface area (Å²) in [4.78, 5) is 23.3. The molecule has 0 fully saturated rings.